The van der Waals surface area contributed by atoms with Crippen LogP contribution >= 0.6 is 11.3 Å². The molecule has 9 heteroatoms. The van der Waals surface area contributed by atoms with E-state index in [2.05, 4.69) is 15.6 Å². The summed E-state index contributed by atoms with van der Waals surface area (Å²) in [6.07, 6.45) is 6.13. The molecule has 0 spiro atoms. The van der Waals surface area contributed by atoms with Crippen molar-refractivity contribution in [2.24, 2.45) is 0 Å². The van der Waals surface area contributed by atoms with Gasteiger partial charge in [0.25, 0.3) is 11.8 Å². The van der Waals surface area contributed by atoms with Gasteiger partial charge in [0, 0.05) is 29.4 Å². The highest BCUT2D eigenvalue weighted by atomic mass is 32.1. The first-order valence-electron chi connectivity index (χ1n) is 10.5. The SMILES string of the molecule is COc1cc(C(=O)Nc2sc3c(c2C(=O)NCc2cccnc2)CCC3)cc(OC)c1OC. The number of hydrogen-bond donors (Lipinski definition) is 2. The van der Waals surface area contributed by atoms with Crippen LogP contribution in [0.1, 0.15) is 43.1 Å². The van der Waals surface area contributed by atoms with E-state index < -0.39 is 0 Å². The molecule has 1 aromatic carbocycles. The number of nitrogens with zero attached hydrogens (tertiary/aromatic N) is 1. The molecule has 2 aromatic heterocycles. The van der Waals surface area contributed by atoms with Crippen LogP contribution in [0.15, 0.2) is 36.7 Å². The number of pyridine rings is 1. The van der Waals surface area contributed by atoms with Crippen molar-refractivity contribution in [3.63, 3.8) is 0 Å². The number of rotatable bonds is 8. The molecule has 0 aliphatic heterocycles. The maximum absolute atomic E-state index is 13.1. The van der Waals surface area contributed by atoms with Crippen molar-refractivity contribution in [3.8, 4) is 17.2 Å². The molecule has 2 amide bonds. The summed E-state index contributed by atoms with van der Waals surface area (Å²) in [4.78, 5) is 31.5. The molecule has 8 nitrogen and oxygen atoms in total. The van der Waals surface area contributed by atoms with Gasteiger partial charge in [-0.3, -0.25) is 14.6 Å². The molecular formula is C24H25N3O5S. The third-order valence-corrected chi connectivity index (χ3v) is 6.69. The zero-order valence-corrected chi connectivity index (χ0v) is 19.5. The average molecular weight is 468 g/mol. The average Bonchev–Trinajstić information content (AvgIpc) is 3.43. The number of nitrogens with one attached hydrogen (secondary N) is 2. The number of thiophene rings is 1. The number of benzene rings is 1. The summed E-state index contributed by atoms with van der Waals surface area (Å²) < 4.78 is 16.0. The summed E-state index contributed by atoms with van der Waals surface area (Å²) in [6.45, 7) is 0.359. The first kappa shape index (κ1) is 22.6. The lowest BCUT2D eigenvalue weighted by atomic mass is 10.1. The number of carbonyl (C=O) groups excluding carboxylic acids is 2. The van der Waals surface area contributed by atoms with Crippen LogP contribution < -0.4 is 24.8 Å². The van der Waals surface area contributed by atoms with Gasteiger partial charge in [0.2, 0.25) is 5.75 Å². The summed E-state index contributed by atoms with van der Waals surface area (Å²) in [5.74, 6) is 0.589. The molecule has 1 aliphatic rings. The van der Waals surface area contributed by atoms with E-state index in [1.165, 1.54) is 32.7 Å². The number of methoxy groups -OCH3 is 3. The van der Waals surface area contributed by atoms with Gasteiger partial charge in [0.15, 0.2) is 11.5 Å². The lowest BCUT2D eigenvalue weighted by Crippen LogP contribution is -2.25. The maximum Gasteiger partial charge on any atom is 0.256 e. The molecule has 172 valence electrons. The van der Waals surface area contributed by atoms with Crippen LogP contribution in [0.5, 0.6) is 17.2 Å². The van der Waals surface area contributed by atoms with Gasteiger partial charge in [0.05, 0.1) is 26.9 Å². The molecule has 4 rings (SSSR count). The molecule has 2 heterocycles. The Morgan fingerprint density at radius 2 is 1.82 bits per heavy atom. The van der Waals surface area contributed by atoms with Gasteiger partial charge in [-0.25, -0.2) is 0 Å². The Morgan fingerprint density at radius 1 is 1.06 bits per heavy atom. The van der Waals surface area contributed by atoms with E-state index in [0.717, 1.165) is 35.3 Å². The Labute approximate surface area is 195 Å². The number of aryl methyl sites for hydroxylation is 1. The first-order valence-corrected chi connectivity index (χ1v) is 11.3. The minimum atomic E-state index is -0.365. The molecule has 3 aromatic rings. The first-order chi connectivity index (χ1) is 16.0. The second-order valence-electron chi connectivity index (χ2n) is 7.47. The normalized spacial score (nSPS) is 12.1. The molecule has 2 N–H and O–H groups in total. The minimum absolute atomic E-state index is 0.210. The molecule has 0 fully saturated rings. The Hall–Kier alpha value is -3.59. The zero-order valence-electron chi connectivity index (χ0n) is 18.7. The molecule has 0 radical (unpaired) electrons. The third kappa shape index (κ3) is 4.63. The van der Waals surface area contributed by atoms with Crippen molar-refractivity contribution < 1.29 is 23.8 Å². The number of amides is 2. The van der Waals surface area contributed by atoms with Crippen LogP contribution in [0.25, 0.3) is 0 Å². The van der Waals surface area contributed by atoms with E-state index >= 15 is 0 Å². The number of aromatic nitrogens is 1. The number of carbonyl (C=O) groups is 2. The van der Waals surface area contributed by atoms with Crippen LogP contribution in [0.3, 0.4) is 0 Å². The number of hydrogen-bond acceptors (Lipinski definition) is 7. The third-order valence-electron chi connectivity index (χ3n) is 5.48. The fourth-order valence-electron chi connectivity index (χ4n) is 3.89. The van der Waals surface area contributed by atoms with Crippen molar-refractivity contribution in [1.82, 2.24) is 10.3 Å². The van der Waals surface area contributed by atoms with E-state index in [-0.39, 0.29) is 11.8 Å². The minimum Gasteiger partial charge on any atom is -0.493 e. The van der Waals surface area contributed by atoms with E-state index in [9.17, 15) is 9.59 Å². The molecule has 0 unspecified atom stereocenters. The van der Waals surface area contributed by atoms with Gasteiger partial charge < -0.3 is 24.8 Å². The highest BCUT2D eigenvalue weighted by Crippen LogP contribution is 2.41. The fourth-order valence-corrected chi connectivity index (χ4v) is 5.18. The molecule has 0 saturated carbocycles. The Balaban J connectivity index is 1.60. The maximum atomic E-state index is 13.1. The number of ether oxygens (including phenoxy) is 3. The van der Waals surface area contributed by atoms with Crippen LogP contribution in [0, 0.1) is 0 Å². The van der Waals surface area contributed by atoms with Gasteiger partial charge in [-0.2, -0.15) is 0 Å². The molecule has 1 aliphatic carbocycles. The predicted octanol–water partition coefficient (Wildman–Crippen LogP) is 3.84. The summed E-state index contributed by atoms with van der Waals surface area (Å²) in [5.41, 5.74) is 2.79. The van der Waals surface area contributed by atoms with E-state index in [0.29, 0.717) is 39.9 Å². The lowest BCUT2D eigenvalue weighted by Gasteiger charge is -2.14. The molecule has 0 atom stereocenters. The highest BCUT2D eigenvalue weighted by Gasteiger charge is 2.28. The van der Waals surface area contributed by atoms with Gasteiger partial charge >= 0.3 is 0 Å². The van der Waals surface area contributed by atoms with Gasteiger partial charge in [-0.15, -0.1) is 11.3 Å². The van der Waals surface area contributed by atoms with Crippen LogP contribution in [0.2, 0.25) is 0 Å². The smallest absolute Gasteiger partial charge is 0.256 e. The zero-order chi connectivity index (χ0) is 23.4. The molecule has 33 heavy (non-hydrogen) atoms. The topological polar surface area (TPSA) is 98.8 Å². The van der Waals surface area contributed by atoms with Gasteiger partial charge in [-0.1, -0.05) is 6.07 Å². The monoisotopic (exact) mass is 467 g/mol. The van der Waals surface area contributed by atoms with Crippen molar-refractivity contribution in [2.45, 2.75) is 25.8 Å². The number of fused-ring (bicyclic) bond motifs is 1. The van der Waals surface area contributed by atoms with Crippen molar-refractivity contribution in [1.29, 1.82) is 0 Å². The van der Waals surface area contributed by atoms with Crippen LogP contribution in [0.4, 0.5) is 5.00 Å². The van der Waals surface area contributed by atoms with Crippen molar-refractivity contribution >= 4 is 28.2 Å². The number of anilines is 1. The summed E-state index contributed by atoms with van der Waals surface area (Å²) in [5, 5.41) is 6.43. The lowest BCUT2D eigenvalue weighted by molar-refractivity contribution is 0.0951. The van der Waals surface area contributed by atoms with E-state index in [1.807, 2.05) is 12.1 Å². The summed E-state index contributed by atoms with van der Waals surface area (Å²) in [6, 6.07) is 6.89. The summed E-state index contributed by atoms with van der Waals surface area (Å²) in [7, 11) is 4.49. The van der Waals surface area contributed by atoms with Crippen molar-refractivity contribution in [3.05, 3.63) is 63.8 Å². The second kappa shape index (κ2) is 9.91. The Morgan fingerprint density at radius 3 is 2.45 bits per heavy atom. The van der Waals surface area contributed by atoms with Crippen LogP contribution in [-0.2, 0) is 19.4 Å². The van der Waals surface area contributed by atoms with Gasteiger partial charge in [0.1, 0.15) is 5.00 Å². The molecule has 0 saturated heterocycles. The Bertz CT molecular complexity index is 1150. The molecule has 0 bridgehead atoms. The van der Waals surface area contributed by atoms with Gasteiger partial charge in [-0.05, 0) is 48.6 Å². The van der Waals surface area contributed by atoms with E-state index in [4.69, 9.17) is 14.2 Å². The summed E-state index contributed by atoms with van der Waals surface area (Å²) >= 11 is 1.46. The quantitative estimate of drug-likeness (QED) is 0.522. The largest absolute Gasteiger partial charge is 0.493 e. The highest BCUT2D eigenvalue weighted by molar-refractivity contribution is 7.17. The predicted molar refractivity (Wildman–Crippen MR) is 126 cm³/mol. The standard InChI is InChI=1S/C24H25N3O5S/c1-30-17-10-15(11-18(31-2)21(17)32-3)22(28)27-24-20(16-7-4-8-19(16)33-24)23(29)26-13-14-6-5-9-25-12-14/h5-6,9-12H,4,7-8,13H2,1-3H3,(H,26,29)(H,27,28). The fraction of sp³-hybridized carbons (Fsp3) is 0.292. The van der Waals surface area contributed by atoms with E-state index in [1.54, 1.807) is 24.5 Å². The van der Waals surface area contributed by atoms with Crippen molar-refractivity contribution in [2.75, 3.05) is 26.6 Å². The second-order valence-corrected chi connectivity index (χ2v) is 8.58. The van der Waals surface area contributed by atoms with Crippen LogP contribution in [-0.4, -0.2) is 38.1 Å². The molecular weight excluding hydrogens is 442 g/mol. The Kier molecular flexibility index (Phi) is 6.79.